The van der Waals surface area contributed by atoms with Crippen LogP contribution in [0.4, 0.5) is 5.82 Å². The Morgan fingerprint density at radius 1 is 1.43 bits per heavy atom. The zero-order chi connectivity index (χ0) is 14.8. The van der Waals surface area contributed by atoms with Gasteiger partial charge in [-0.05, 0) is 30.9 Å². The highest BCUT2D eigenvalue weighted by Crippen LogP contribution is 2.37. The highest BCUT2D eigenvalue weighted by atomic mass is 16.5. The molecule has 0 saturated heterocycles. The van der Waals surface area contributed by atoms with Crippen molar-refractivity contribution in [1.82, 2.24) is 15.1 Å². The summed E-state index contributed by atoms with van der Waals surface area (Å²) >= 11 is 0. The second-order valence-corrected chi connectivity index (χ2v) is 6.08. The molecule has 2 atom stereocenters. The molecule has 2 unspecified atom stereocenters. The number of rotatable bonds is 6. The summed E-state index contributed by atoms with van der Waals surface area (Å²) in [6, 6.07) is 4.46. The van der Waals surface area contributed by atoms with Crippen molar-refractivity contribution >= 4 is 5.82 Å². The van der Waals surface area contributed by atoms with Gasteiger partial charge in [-0.15, -0.1) is 0 Å². The molecule has 5 heteroatoms. The second-order valence-electron chi connectivity index (χ2n) is 6.08. The largest absolute Gasteiger partial charge is 0.367 e. The van der Waals surface area contributed by atoms with E-state index in [0.29, 0.717) is 11.9 Å². The Balaban J connectivity index is 1.71. The lowest BCUT2D eigenvalue weighted by molar-refractivity contribution is 0.419. The van der Waals surface area contributed by atoms with Crippen molar-refractivity contribution in [1.29, 1.82) is 0 Å². The average molecular weight is 286 g/mol. The van der Waals surface area contributed by atoms with Crippen molar-refractivity contribution in [3.05, 3.63) is 24.2 Å². The van der Waals surface area contributed by atoms with Gasteiger partial charge in [0, 0.05) is 23.7 Å². The van der Waals surface area contributed by atoms with Crippen molar-refractivity contribution in [3.8, 4) is 11.5 Å². The molecular formula is C16H22N4O. The lowest BCUT2D eigenvalue weighted by Crippen LogP contribution is -2.06. The predicted octanol–water partition coefficient (Wildman–Crippen LogP) is 3.86. The molecule has 2 aromatic heterocycles. The van der Waals surface area contributed by atoms with Gasteiger partial charge >= 0.3 is 0 Å². The van der Waals surface area contributed by atoms with E-state index in [1.807, 2.05) is 12.1 Å². The van der Waals surface area contributed by atoms with E-state index >= 15 is 0 Å². The van der Waals surface area contributed by atoms with Gasteiger partial charge < -0.3 is 9.84 Å². The molecular weight excluding hydrogens is 264 g/mol. The Kier molecular flexibility index (Phi) is 3.90. The van der Waals surface area contributed by atoms with Crippen LogP contribution in [0.25, 0.3) is 11.5 Å². The van der Waals surface area contributed by atoms with Crippen molar-refractivity contribution in [3.63, 3.8) is 0 Å². The zero-order valence-corrected chi connectivity index (χ0v) is 12.8. The summed E-state index contributed by atoms with van der Waals surface area (Å²) in [4.78, 5) is 8.81. The minimum atomic E-state index is 0.267. The Hall–Kier alpha value is -1.91. The second kappa shape index (κ2) is 5.84. The number of nitrogens with one attached hydrogen (secondary N) is 1. The van der Waals surface area contributed by atoms with E-state index in [0.717, 1.165) is 23.1 Å². The first-order chi connectivity index (χ1) is 10.2. The van der Waals surface area contributed by atoms with Gasteiger partial charge in [-0.25, -0.2) is 4.98 Å². The van der Waals surface area contributed by atoms with Gasteiger partial charge in [0.15, 0.2) is 5.82 Å². The molecule has 3 rings (SSSR count). The quantitative estimate of drug-likeness (QED) is 0.873. The van der Waals surface area contributed by atoms with Gasteiger partial charge in [-0.2, -0.15) is 4.98 Å². The summed E-state index contributed by atoms with van der Waals surface area (Å²) in [5.41, 5.74) is 0.916. The molecule has 1 saturated carbocycles. The standard InChI is InChI=1S/C16H22N4O/c1-4-5-11-8-13(11)18-14-9-12(6-7-17-14)16-19-15(10(2)3)20-21-16/h6-7,9-11,13H,4-5,8H2,1-3H3,(H,17,18). The highest BCUT2D eigenvalue weighted by Gasteiger charge is 2.36. The molecule has 1 aliphatic rings. The van der Waals surface area contributed by atoms with E-state index in [1.54, 1.807) is 6.20 Å². The monoisotopic (exact) mass is 286 g/mol. The van der Waals surface area contributed by atoms with Crippen LogP contribution in [0, 0.1) is 5.92 Å². The molecule has 0 bridgehead atoms. The van der Waals surface area contributed by atoms with Crippen LogP contribution >= 0.6 is 0 Å². The molecule has 2 aromatic rings. The van der Waals surface area contributed by atoms with Crippen LogP contribution in [-0.2, 0) is 0 Å². The molecule has 5 nitrogen and oxygen atoms in total. The lowest BCUT2D eigenvalue weighted by atomic mass is 10.2. The summed E-state index contributed by atoms with van der Waals surface area (Å²) in [6.07, 6.45) is 5.57. The molecule has 0 aromatic carbocycles. The van der Waals surface area contributed by atoms with Crippen molar-refractivity contribution < 1.29 is 4.52 Å². The normalized spacial score (nSPS) is 20.8. The molecule has 1 N–H and O–H groups in total. The molecule has 0 aliphatic heterocycles. The predicted molar refractivity (Wildman–Crippen MR) is 82.0 cm³/mol. The summed E-state index contributed by atoms with van der Waals surface area (Å²) in [5.74, 6) is 3.26. The Morgan fingerprint density at radius 3 is 3.00 bits per heavy atom. The fraction of sp³-hybridized carbons (Fsp3) is 0.562. The third kappa shape index (κ3) is 3.23. The number of aromatic nitrogens is 3. The third-order valence-electron chi connectivity index (χ3n) is 3.88. The van der Waals surface area contributed by atoms with Gasteiger partial charge in [0.1, 0.15) is 5.82 Å². The van der Waals surface area contributed by atoms with Gasteiger partial charge in [0.05, 0.1) is 0 Å². The summed E-state index contributed by atoms with van der Waals surface area (Å²) in [7, 11) is 0. The van der Waals surface area contributed by atoms with Crippen LogP contribution in [0.1, 0.15) is 51.8 Å². The zero-order valence-electron chi connectivity index (χ0n) is 12.8. The molecule has 0 radical (unpaired) electrons. The number of hydrogen-bond acceptors (Lipinski definition) is 5. The maximum atomic E-state index is 5.33. The van der Waals surface area contributed by atoms with E-state index < -0.39 is 0 Å². The van der Waals surface area contributed by atoms with E-state index in [9.17, 15) is 0 Å². The van der Waals surface area contributed by atoms with Crippen molar-refractivity contribution in [2.75, 3.05) is 5.32 Å². The Labute approximate surface area is 125 Å². The fourth-order valence-electron chi connectivity index (χ4n) is 2.53. The topological polar surface area (TPSA) is 63.8 Å². The van der Waals surface area contributed by atoms with Gasteiger partial charge in [-0.1, -0.05) is 32.3 Å². The van der Waals surface area contributed by atoms with Gasteiger partial charge in [-0.3, -0.25) is 0 Å². The highest BCUT2D eigenvalue weighted by molar-refractivity contribution is 5.58. The third-order valence-corrected chi connectivity index (χ3v) is 3.88. The van der Waals surface area contributed by atoms with Gasteiger partial charge in [0.2, 0.25) is 0 Å². The number of hydrogen-bond donors (Lipinski definition) is 1. The summed E-state index contributed by atoms with van der Waals surface area (Å²) < 4.78 is 5.33. The van der Waals surface area contributed by atoms with E-state index in [2.05, 4.69) is 41.2 Å². The minimum absolute atomic E-state index is 0.267. The van der Waals surface area contributed by atoms with E-state index in [4.69, 9.17) is 4.52 Å². The molecule has 2 heterocycles. The number of nitrogens with zero attached hydrogens (tertiary/aromatic N) is 3. The smallest absolute Gasteiger partial charge is 0.258 e. The Morgan fingerprint density at radius 2 is 2.29 bits per heavy atom. The number of pyridine rings is 1. The molecule has 21 heavy (non-hydrogen) atoms. The van der Waals surface area contributed by atoms with E-state index in [1.165, 1.54) is 19.3 Å². The summed E-state index contributed by atoms with van der Waals surface area (Å²) in [5, 5.41) is 7.49. The first-order valence-electron chi connectivity index (χ1n) is 7.74. The first-order valence-corrected chi connectivity index (χ1v) is 7.74. The average Bonchev–Trinajstić information content (AvgIpc) is 3.02. The fourth-order valence-corrected chi connectivity index (χ4v) is 2.53. The van der Waals surface area contributed by atoms with Crippen LogP contribution in [0.15, 0.2) is 22.9 Å². The van der Waals surface area contributed by atoms with Crippen LogP contribution < -0.4 is 5.32 Å². The lowest BCUT2D eigenvalue weighted by Gasteiger charge is -2.05. The molecule has 0 spiro atoms. The van der Waals surface area contributed by atoms with Gasteiger partial charge in [0.25, 0.3) is 5.89 Å². The molecule has 1 fully saturated rings. The summed E-state index contributed by atoms with van der Waals surface area (Å²) in [6.45, 7) is 6.33. The SMILES string of the molecule is CCCC1CC1Nc1cc(-c2nc(C(C)C)no2)ccn1. The van der Waals surface area contributed by atoms with Crippen molar-refractivity contribution in [2.24, 2.45) is 5.92 Å². The van der Waals surface area contributed by atoms with E-state index in [-0.39, 0.29) is 5.92 Å². The van der Waals surface area contributed by atoms with Crippen LogP contribution in [0.2, 0.25) is 0 Å². The molecule has 112 valence electrons. The maximum Gasteiger partial charge on any atom is 0.258 e. The van der Waals surface area contributed by atoms with Crippen molar-refractivity contribution in [2.45, 2.75) is 52.0 Å². The van der Waals surface area contributed by atoms with Crippen LogP contribution in [0.3, 0.4) is 0 Å². The molecule has 1 aliphatic carbocycles. The first kappa shape index (κ1) is 14.0. The van der Waals surface area contributed by atoms with Crippen LogP contribution in [0.5, 0.6) is 0 Å². The minimum Gasteiger partial charge on any atom is -0.367 e. The Bertz CT molecular complexity index is 608. The number of anilines is 1. The maximum absolute atomic E-state index is 5.33. The van der Waals surface area contributed by atoms with Crippen LogP contribution in [-0.4, -0.2) is 21.2 Å². The molecule has 0 amide bonds.